The van der Waals surface area contributed by atoms with Crippen LogP contribution in [-0.2, 0) is 0 Å². The Hall–Kier alpha value is -0.300. The SMILES string of the molecule is CC1=CCC(C2CCC(O)CC2)C1(C)C. The first-order valence-corrected chi connectivity index (χ1v) is 6.37. The van der Waals surface area contributed by atoms with Gasteiger partial charge in [0.2, 0.25) is 0 Å². The molecule has 15 heavy (non-hydrogen) atoms. The summed E-state index contributed by atoms with van der Waals surface area (Å²) in [7, 11) is 0. The van der Waals surface area contributed by atoms with E-state index in [0.29, 0.717) is 5.41 Å². The Kier molecular flexibility index (Phi) is 2.94. The molecular formula is C14H24O. The second kappa shape index (κ2) is 3.93. The maximum atomic E-state index is 9.54. The summed E-state index contributed by atoms with van der Waals surface area (Å²) in [6.45, 7) is 7.06. The summed E-state index contributed by atoms with van der Waals surface area (Å²) < 4.78 is 0. The van der Waals surface area contributed by atoms with E-state index in [1.165, 1.54) is 19.3 Å². The van der Waals surface area contributed by atoms with Crippen molar-refractivity contribution in [1.82, 2.24) is 0 Å². The molecule has 0 aliphatic heterocycles. The molecule has 0 radical (unpaired) electrons. The lowest BCUT2D eigenvalue weighted by Crippen LogP contribution is -2.31. The third-order valence-corrected chi connectivity index (χ3v) is 4.93. The Morgan fingerprint density at radius 3 is 2.27 bits per heavy atom. The van der Waals surface area contributed by atoms with Crippen LogP contribution in [0.2, 0.25) is 0 Å². The number of hydrogen-bond acceptors (Lipinski definition) is 1. The smallest absolute Gasteiger partial charge is 0.0540 e. The molecule has 0 amide bonds. The fraction of sp³-hybridized carbons (Fsp3) is 0.857. The van der Waals surface area contributed by atoms with Gasteiger partial charge >= 0.3 is 0 Å². The van der Waals surface area contributed by atoms with Crippen LogP contribution in [0.1, 0.15) is 52.9 Å². The van der Waals surface area contributed by atoms with Crippen LogP contribution in [-0.4, -0.2) is 11.2 Å². The van der Waals surface area contributed by atoms with Gasteiger partial charge in [0.25, 0.3) is 0 Å². The molecule has 0 aromatic rings. The molecule has 1 heteroatoms. The minimum atomic E-state index is -0.0141. The van der Waals surface area contributed by atoms with Crippen molar-refractivity contribution in [3.05, 3.63) is 11.6 Å². The first-order chi connectivity index (χ1) is 7.01. The van der Waals surface area contributed by atoms with Crippen molar-refractivity contribution >= 4 is 0 Å². The molecule has 1 saturated carbocycles. The summed E-state index contributed by atoms with van der Waals surface area (Å²) in [5.41, 5.74) is 1.96. The van der Waals surface area contributed by atoms with E-state index in [9.17, 15) is 5.11 Å². The number of aliphatic hydroxyl groups is 1. The highest BCUT2D eigenvalue weighted by Gasteiger charge is 2.40. The van der Waals surface area contributed by atoms with Crippen LogP contribution < -0.4 is 0 Å². The van der Waals surface area contributed by atoms with E-state index in [4.69, 9.17) is 0 Å². The van der Waals surface area contributed by atoms with E-state index >= 15 is 0 Å². The van der Waals surface area contributed by atoms with Gasteiger partial charge in [-0.05, 0) is 56.3 Å². The van der Waals surface area contributed by atoms with Gasteiger partial charge in [-0.3, -0.25) is 0 Å². The van der Waals surface area contributed by atoms with Crippen LogP contribution in [0.4, 0.5) is 0 Å². The Balaban J connectivity index is 2.01. The van der Waals surface area contributed by atoms with E-state index < -0.39 is 0 Å². The molecule has 0 heterocycles. The zero-order valence-electron chi connectivity index (χ0n) is 10.3. The molecule has 1 unspecified atom stereocenters. The highest BCUT2D eigenvalue weighted by molar-refractivity contribution is 5.19. The Labute approximate surface area is 93.6 Å². The molecule has 86 valence electrons. The van der Waals surface area contributed by atoms with Crippen LogP contribution >= 0.6 is 0 Å². The fourth-order valence-electron chi connectivity index (χ4n) is 3.44. The van der Waals surface area contributed by atoms with Crippen LogP contribution in [0.3, 0.4) is 0 Å². The van der Waals surface area contributed by atoms with Crippen LogP contribution in [0.5, 0.6) is 0 Å². The van der Waals surface area contributed by atoms with Crippen molar-refractivity contribution in [3.8, 4) is 0 Å². The second-order valence-electron chi connectivity index (χ2n) is 6.02. The van der Waals surface area contributed by atoms with E-state index in [1.807, 2.05) is 0 Å². The summed E-state index contributed by atoms with van der Waals surface area (Å²) in [4.78, 5) is 0. The predicted octanol–water partition coefficient (Wildman–Crippen LogP) is 3.53. The van der Waals surface area contributed by atoms with E-state index in [2.05, 4.69) is 26.8 Å². The Bertz CT molecular complexity index is 257. The van der Waals surface area contributed by atoms with E-state index in [0.717, 1.165) is 24.7 Å². The highest BCUT2D eigenvalue weighted by atomic mass is 16.3. The normalized spacial score (nSPS) is 40.3. The molecule has 2 rings (SSSR count). The lowest BCUT2D eigenvalue weighted by molar-refractivity contribution is 0.0704. The molecule has 0 aromatic carbocycles. The highest BCUT2D eigenvalue weighted by Crippen LogP contribution is 2.50. The third kappa shape index (κ3) is 1.99. The standard InChI is InChI=1S/C14H24O/c1-10-4-9-13(14(10,2)3)11-5-7-12(15)8-6-11/h4,11-13,15H,5-9H2,1-3H3. The first-order valence-electron chi connectivity index (χ1n) is 6.37. The van der Waals surface area contributed by atoms with Gasteiger partial charge < -0.3 is 5.11 Å². The van der Waals surface area contributed by atoms with Crippen molar-refractivity contribution in [3.63, 3.8) is 0 Å². The zero-order valence-corrected chi connectivity index (χ0v) is 10.3. The molecule has 0 aromatic heterocycles. The number of rotatable bonds is 1. The van der Waals surface area contributed by atoms with Gasteiger partial charge in [-0.15, -0.1) is 0 Å². The predicted molar refractivity (Wildman–Crippen MR) is 63.6 cm³/mol. The summed E-state index contributed by atoms with van der Waals surface area (Å²) in [5.74, 6) is 1.67. The number of allylic oxidation sites excluding steroid dienone is 2. The molecule has 1 N–H and O–H groups in total. The Morgan fingerprint density at radius 2 is 1.80 bits per heavy atom. The Morgan fingerprint density at radius 1 is 1.20 bits per heavy atom. The van der Waals surface area contributed by atoms with Gasteiger partial charge in [0.05, 0.1) is 6.10 Å². The maximum absolute atomic E-state index is 9.54. The summed E-state index contributed by atoms with van der Waals surface area (Å²) in [6.07, 6.45) is 8.19. The van der Waals surface area contributed by atoms with Crippen LogP contribution in [0.15, 0.2) is 11.6 Å². The minimum absolute atomic E-state index is 0.0141. The molecule has 0 spiro atoms. The van der Waals surface area contributed by atoms with Gasteiger partial charge in [-0.2, -0.15) is 0 Å². The minimum Gasteiger partial charge on any atom is -0.393 e. The maximum Gasteiger partial charge on any atom is 0.0540 e. The second-order valence-corrected chi connectivity index (χ2v) is 6.02. The van der Waals surface area contributed by atoms with Gasteiger partial charge in [0.15, 0.2) is 0 Å². The van der Waals surface area contributed by atoms with Gasteiger partial charge in [-0.25, -0.2) is 0 Å². The van der Waals surface area contributed by atoms with Gasteiger partial charge in [-0.1, -0.05) is 25.5 Å². The monoisotopic (exact) mass is 208 g/mol. The molecule has 2 aliphatic carbocycles. The quantitative estimate of drug-likeness (QED) is 0.654. The first kappa shape index (κ1) is 11.2. The topological polar surface area (TPSA) is 20.2 Å². The van der Waals surface area contributed by atoms with Crippen LogP contribution in [0.25, 0.3) is 0 Å². The zero-order chi connectivity index (χ0) is 11.1. The average Bonchev–Trinajstić information content (AvgIpc) is 2.44. The number of hydrogen-bond donors (Lipinski definition) is 1. The van der Waals surface area contributed by atoms with E-state index in [-0.39, 0.29) is 6.10 Å². The molecule has 0 bridgehead atoms. The lowest BCUT2D eigenvalue weighted by Gasteiger charge is -2.38. The number of aliphatic hydroxyl groups excluding tert-OH is 1. The summed E-state index contributed by atoms with van der Waals surface area (Å²) in [5, 5.41) is 9.54. The molecule has 1 atom stereocenters. The van der Waals surface area contributed by atoms with Crippen molar-refractivity contribution in [2.24, 2.45) is 17.3 Å². The molecule has 0 saturated heterocycles. The van der Waals surface area contributed by atoms with Gasteiger partial charge in [0.1, 0.15) is 0 Å². The van der Waals surface area contributed by atoms with Crippen molar-refractivity contribution < 1.29 is 5.11 Å². The third-order valence-electron chi connectivity index (χ3n) is 4.93. The average molecular weight is 208 g/mol. The summed E-state index contributed by atoms with van der Waals surface area (Å²) in [6, 6.07) is 0. The summed E-state index contributed by atoms with van der Waals surface area (Å²) >= 11 is 0. The largest absolute Gasteiger partial charge is 0.393 e. The lowest BCUT2D eigenvalue weighted by atomic mass is 9.67. The van der Waals surface area contributed by atoms with Crippen molar-refractivity contribution in [2.45, 2.75) is 59.0 Å². The molecule has 1 nitrogen and oxygen atoms in total. The van der Waals surface area contributed by atoms with Crippen LogP contribution in [0, 0.1) is 17.3 Å². The van der Waals surface area contributed by atoms with E-state index in [1.54, 1.807) is 5.57 Å². The molecular weight excluding hydrogens is 184 g/mol. The van der Waals surface area contributed by atoms with Gasteiger partial charge in [0, 0.05) is 0 Å². The van der Waals surface area contributed by atoms with Crippen molar-refractivity contribution in [2.75, 3.05) is 0 Å². The molecule has 1 fully saturated rings. The molecule has 2 aliphatic rings. The van der Waals surface area contributed by atoms with Crippen molar-refractivity contribution in [1.29, 1.82) is 0 Å². The fourth-order valence-corrected chi connectivity index (χ4v) is 3.44.